The molecular weight excluding hydrogens is 448 g/mol. The first-order chi connectivity index (χ1) is 16.8. The van der Waals surface area contributed by atoms with E-state index in [9.17, 15) is 4.39 Å². The lowest BCUT2D eigenvalue weighted by atomic mass is 9.93. The molecule has 3 aromatic rings. The summed E-state index contributed by atoms with van der Waals surface area (Å²) in [5.74, 6) is 0.787. The Morgan fingerprint density at radius 1 is 1.14 bits per heavy atom. The van der Waals surface area contributed by atoms with Gasteiger partial charge in [-0.2, -0.15) is 10.2 Å². The number of anilines is 1. The first kappa shape index (κ1) is 24.5. The summed E-state index contributed by atoms with van der Waals surface area (Å²) in [5, 5.41) is 10.8. The molecule has 0 amide bonds. The molecule has 0 aliphatic carbocycles. The first-order valence-electron chi connectivity index (χ1n) is 11.4. The van der Waals surface area contributed by atoms with E-state index in [0.717, 1.165) is 33.6 Å². The van der Waals surface area contributed by atoms with Crippen molar-refractivity contribution >= 4 is 18.7 Å². The predicted octanol–water partition coefficient (Wildman–Crippen LogP) is 5.29. The molecular formula is C27H29F2N5O. The van der Waals surface area contributed by atoms with Crippen LogP contribution < -0.4 is 10.1 Å². The van der Waals surface area contributed by atoms with Crippen LogP contribution in [0.15, 0.2) is 40.7 Å². The molecule has 4 rings (SSSR count). The second-order valence-electron chi connectivity index (χ2n) is 8.85. The van der Waals surface area contributed by atoms with E-state index >= 15 is 4.39 Å². The lowest BCUT2D eigenvalue weighted by Gasteiger charge is -2.18. The highest BCUT2D eigenvalue weighted by Gasteiger charge is 2.21. The maximum Gasteiger partial charge on any atom is 0.131 e. The molecule has 2 heterocycles. The Morgan fingerprint density at radius 2 is 1.94 bits per heavy atom. The molecule has 0 saturated carbocycles. The molecule has 1 aliphatic heterocycles. The summed E-state index contributed by atoms with van der Waals surface area (Å²) in [4.78, 5) is 6.53. The number of hydrogen-bond acceptors (Lipinski definition) is 6. The van der Waals surface area contributed by atoms with Crippen molar-refractivity contribution in [2.45, 2.75) is 33.4 Å². The van der Waals surface area contributed by atoms with E-state index in [0.29, 0.717) is 42.1 Å². The normalized spacial score (nSPS) is 12.8. The van der Waals surface area contributed by atoms with Crippen molar-refractivity contribution in [2.75, 3.05) is 26.0 Å². The van der Waals surface area contributed by atoms with Crippen LogP contribution in [0.4, 0.5) is 14.6 Å². The topological polar surface area (TPSA) is 62.1 Å². The van der Waals surface area contributed by atoms with E-state index in [1.54, 1.807) is 31.5 Å². The summed E-state index contributed by atoms with van der Waals surface area (Å²) in [6.45, 7) is 8.40. The van der Waals surface area contributed by atoms with Gasteiger partial charge in [-0.05, 0) is 51.2 Å². The van der Waals surface area contributed by atoms with E-state index in [1.165, 1.54) is 6.07 Å². The molecule has 0 saturated heterocycles. The monoisotopic (exact) mass is 477 g/mol. The zero-order valence-corrected chi connectivity index (χ0v) is 20.5. The fourth-order valence-electron chi connectivity index (χ4n) is 4.46. The van der Waals surface area contributed by atoms with Crippen LogP contribution in [0.2, 0.25) is 0 Å². The lowest BCUT2D eigenvalue weighted by molar-refractivity contribution is 0.356. The van der Waals surface area contributed by atoms with Gasteiger partial charge in [0.1, 0.15) is 23.2 Å². The standard InChI is InChI=1S/C27H29F2N5O/c1-16-19(7-6-18(26(16)29)15-34(4)5)22-12-31-27(17(2)21(22)14-33-30-3)32-13-23-20-10-11-35-25(20)9-8-24(23)28/h6-9,12,14H,3,10-11,13,15H2,1-2,4-5H3,(H,31,32)/b33-14-. The van der Waals surface area contributed by atoms with Crippen LogP contribution in [0.3, 0.4) is 0 Å². The van der Waals surface area contributed by atoms with Gasteiger partial charge in [0.25, 0.3) is 0 Å². The summed E-state index contributed by atoms with van der Waals surface area (Å²) in [6, 6.07) is 6.80. The van der Waals surface area contributed by atoms with Crippen LogP contribution in [0.25, 0.3) is 11.1 Å². The number of ether oxygens (including phenoxy) is 1. The van der Waals surface area contributed by atoms with Crippen LogP contribution in [-0.4, -0.2) is 43.5 Å². The van der Waals surface area contributed by atoms with Crippen LogP contribution in [0, 0.1) is 25.5 Å². The van der Waals surface area contributed by atoms with Crippen LogP contribution in [-0.2, 0) is 19.5 Å². The lowest BCUT2D eigenvalue weighted by Crippen LogP contribution is -2.13. The number of rotatable bonds is 8. The van der Waals surface area contributed by atoms with E-state index in [1.807, 2.05) is 32.0 Å². The predicted molar refractivity (Wildman–Crippen MR) is 137 cm³/mol. The van der Waals surface area contributed by atoms with Crippen molar-refractivity contribution in [3.05, 3.63) is 75.5 Å². The smallest absolute Gasteiger partial charge is 0.131 e. The fourth-order valence-corrected chi connectivity index (χ4v) is 4.46. The third kappa shape index (κ3) is 4.93. The van der Waals surface area contributed by atoms with Gasteiger partial charge >= 0.3 is 0 Å². The second-order valence-corrected chi connectivity index (χ2v) is 8.85. The maximum atomic E-state index is 15.2. The quantitative estimate of drug-likeness (QED) is 0.354. The molecule has 0 atom stereocenters. The third-order valence-electron chi connectivity index (χ3n) is 6.26. The first-order valence-corrected chi connectivity index (χ1v) is 11.4. The van der Waals surface area contributed by atoms with Gasteiger partial charge in [0.2, 0.25) is 0 Å². The van der Waals surface area contributed by atoms with Gasteiger partial charge in [0.15, 0.2) is 0 Å². The van der Waals surface area contributed by atoms with E-state index < -0.39 is 0 Å². The fraction of sp³-hybridized carbons (Fsp3) is 0.296. The Kier molecular flexibility index (Phi) is 7.21. The average molecular weight is 478 g/mol. The minimum atomic E-state index is -0.280. The van der Waals surface area contributed by atoms with Gasteiger partial charge in [-0.15, -0.1) is 0 Å². The number of halogens is 2. The largest absolute Gasteiger partial charge is 0.493 e. The Balaban J connectivity index is 1.71. The number of pyridine rings is 1. The highest BCUT2D eigenvalue weighted by molar-refractivity contribution is 5.94. The van der Waals surface area contributed by atoms with Gasteiger partial charge in [0.05, 0.1) is 12.8 Å². The third-order valence-corrected chi connectivity index (χ3v) is 6.26. The zero-order valence-electron chi connectivity index (χ0n) is 20.5. The minimum Gasteiger partial charge on any atom is -0.493 e. The Bertz CT molecular complexity index is 1300. The van der Waals surface area contributed by atoms with Crippen molar-refractivity contribution in [1.82, 2.24) is 9.88 Å². The SMILES string of the molecule is C=N/N=C\c1c(-c2ccc(CN(C)C)c(F)c2C)cnc(NCc2c(F)ccc3c2CCO3)c1C. The summed E-state index contributed by atoms with van der Waals surface area (Å²) in [6.07, 6.45) is 3.94. The Hall–Kier alpha value is -3.65. The molecule has 0 spiro atoms. The number of fused-ring (bicyclic) bond motifs is 1. The van der Waals surface area contributed by atoms with Crippen molar-refractivity contribution < 1.29 is 13.5 Å². The molecule has 0 unspecified atom stereocenters. The minimum absolute atomic E-state index is 0.239. The Morgan fingerprint density at radius 3 is 2.69 bits per heavy atom. The summed E-state index contributed by atoms with van der Waals surface area (Å²) >= 11 is 0. The van der Waals surface area contributed by atoms with Gasteiger partial charge in [-0.1, -0.05) is 12.1 Å². The molecule has 8 heteroatoms. The molecule has 35 heavy (non-hydrogen) atoms. The number of nitrogens with one attached hydrogen (secondary N) is 1. The van der Waals surface area contributed by atoms with Gasteiger partial charge < -0.3 is 15.0 Å². The van der Waals surface area contributed by atoms with Gasteiger partial charge in [0, 0.05) is 65.8 Å². The molecule has 1 aliphatic rings. The second kappa shape index (κ2) is 10.3. The Labute approximate surface area is 204 Å². The van der Waals surface area contributed by atoms with Crippen molar-refractivity contribution in [2.24, 2.45) is 10.2 Å². The molecule has 0 radical (unpaired) electrons. The summed E-state index contributed by atoms with van der Waals surface area (Å²) < 4.78 is 35.3. The highest BCUT2D eigenvalue weighted by atomic mass is 19.1. The van der Waals surface area contributed by atoms with Crippen molar-refractivity contribution in [3.8, 4) is 16.9 Å². The highest BCUT2D eigenvalue weighted by Crippen LogP contribution is 2.34. The van der Waals surface area contributed by atoms with Crippen molar-refractivity contribution in [1.29, 1.82) is 0 Å². The molecule has 0 bridgehead atoms. The van der Waals surface area contributed by atoms with E-state index in [4.69, 9.17) is 4.74 Å². The van der Waals surface area contributed by atoms with Crippen LogP contribution in [0.1, 0.15) is 33.4 Å². The number of benzene rings is 2. The molecule has 1 N–H and O–H groups in total. The van der Waals surface area contributed by atoms with Crippen molar-refractivity contribution in [3.63, 3.8) is 0 Å². The summed E-state index contributed by atoms with van der Waals surface area (Å²) in [5.41, 5.74) is 5.60. The number of aromatic nitrogens is 1. The summed E-state index contributed by atoms with van der Waals surface area (Å²) in [7, 11) is 3.81. The molecule has 1 aromatic heterocycles. The van der Waals surface area contributed by atoms with Gasteiger partial charge in [-0.25, -0.2) is 13.8 Å². The molecule has 182 valence electrons. The maximum absolute atomic E-state index is 15.2. The zero-order chi connectivity index (χ0) is 25.1. The molecule has 2 aromatic carbocycles. The van der Waals surface area contributed by atoms with E-state index in [-0.39, 0.29) is 18.2 Å². The van der Waals surface area contributed by atoms with Gasteiger partial charge in [-0.3, -0.25) is 0 Å². The average Bonchev–Trinajstić information content (AvgIpc) is 3.30. The van der Waals surface area contributed by atoms with Crippen LogP contribution >= 0.6 is 0 Å². The number of nitrogens with zero attached hydrogens (tertiary/aromatic N) is 4. The van der Waals surface area contributed by atoms with Crippen LogP contribution in [0.5, 0.6) is 5.75 Å². The van der Waals surface area contributed by atoms with E-state index in [2.05, 4.69) is 27.2 Å². The molecule has 6 nitrogen and oxygen atoms in total. The molecule has 0 fully saturated rings. The number of hydrogen-bond donors (Lipinski definition) is 1.